The van der Waals surface area contributed by atoms with Gasteiger partial charge >= 0.3 is 0 Å². The SMILES string of the molecule is Cc1ccc2c(c1)CCCN2c1c(N)c(C)nn1C. The molecule has 2 heterocycles. The highest BCUT2D eigenvalue weighted by molar-refractivity contribution is 5.75. The van der Waals surface area contributed by atoms with Crippen molar-refractivity contribution in [1.29, 1.82) is 0 Å². The van der Waals surface area contributed by atoms with Gasteiger partial charge in [0.2, 0.25) is 0 Å². The Hall–Kier alpha value is -1.97. The Bertz CT molecular complexity index is 627. The summed E-state index contributed by atoms with van der Waals surface area (Å²) in [5.41, 5.74) is 11.9. The summed E-state index contributed by atoms with van der Waals surface area (Å²) in [7, 11) is 1.96. The van der Waals surface area contributed by atoms with Crippen LogP contribution in [0.15, 0.2) is 18.2 Å². The van der Waals surface area contributed by atoms with Crippen LogP contribution in [0.1, 0.15) is 23.2 Å². The standard InChI is InChI=1S/C15H20N4/c1-10-6-7-13-12(9-10)5-4-8-19(13)15-14(16)11(2)17-18(15)3/h6-7,9H,4-5,8,16H2,1-3H3. The van der Waals surface area contributed by atoms with E-state index in [1.807, 2.05) is 18.7 Å². The van der Waals surface area contributed by atoms with Crippen LogP contribution in [0.25, 0.3) is 0 Å². The van der Waals surface area contributed by atoms with Crippen molar-refractivity contribution in [3.63, 3.8) is 0 Å². The summed E-state index contributed by atoms with van der Waals surface area (Å²) >= 11 is 0. The van der Waals surface area contributed by atoms with Gasteiger partial charge in [0.15, 0.2) is 5.82 Å². The molecule has 19 heavy (non-hydrogen) atoms. The van der Waals surface area contributed by atoms with Gasteiger partial charge in [-0.25, -0.2) is 0 Å². The molecule has 3 rings (SSSR count). The first-order valence-electron chi connectivity index (χ1n) is 6.74. The Balaban J connectivity index is 2.13. The van der Waals surface area contributed by atoms with Gasteiger partial charge < -0.3 is 10.6 Å². The van der Waals surface area contributed by atoms with Gasteiger partial charge in [-0.2, -0.15) is 5.10 Å². The topological polar surface area (TPSA) is 47.1 Å². The normalized spacial score (nSPS) is 14.6. The molecular weight excluding hydrogens is 236 g/mol. The predicted molar refractivity (Wildman–Crippen MR) is 78.9 cm³/mol. The zero-order chi connectivity index (χ0) is 13.6. The molecule has 0 saturated carbocycles. The van der Waals surface area contributed by atoms with Gasteiger partial charge in [-0.15, -0.1) is 0 Å². The number of fused-ring (bicyclic) bond motifs is 1. The molecule has 0 saturated heterocycles. The molecule has 2 N–H and O–H groups in total. The van der Waals surface area contributed by atoms with E-state index in [4.69, 9.17) is 5.73 Å². The number of hydrogen-bond acceptors (Lipinski definition) is 3. The molecule has 4 heteroatoms. The molecule has 2 aromatic rings. The number of nitrogens with two attached hydrogens (primary N) is 1. The maximum atomic E-state index is 6.20. The molecule has 0 atom stereocenters. The first kappa shape index (κ1) is 12.1. The van der Waals surface area contributed by atoms with Crippen LogP contribution in [0.2, 0.25) is 0 Å². The first-order chi connectivity index (χ1) is 9.08. The molecule has 0 aliphatic carbocycles. The van der Waals surface area contributed by atoms with Crippen molar-refractivity contribution >= 4 is 17.2 Å². The van der Waals surface area contributed by atoms with Gasteiger partial charge in [-0.1, -0.05) is 17.7 Å². The van der Waals surface area contributed by atoms with Crippen LogP contribution in [-0.2, 0) is 13.5 Å². The second-order valence-electron chi connectivity index (χ2n) is 5.33. The van der Waals surface area contributed by atoms with Crippen LogP contribution in [-0.4, -0.2) is 16.3 Å². The summed E-state index contributed by atoms with van der Waals surface area (Å²) in [5, 5.41) is 4.43. The number of nitrogen functional groups attached to an aromatic ring is 1. The number of benzene rings is 1. The minimum atomic E-state index is 0.788. The minimum Gasteiger partial charge on any atom is -0.394 e. The lowest BCUT2D eigenvalue weighted by Crippen LogP contribution is -2.27. The predicted octanol–water partition coefficient (Wildman–Crippen LogP) is 2.70. The Labute approximate surface area is 113 Å². The van der Waals surface area contributed by atoms with E-state index in [0.717, 1.165) is 36.6 Å². The van der Waals surface area contributed by atoms with Gasteiger partial charge in [0.25, 0.3) is 0 Å². The van der Waals surface area contributed by atoms with E-state index in [9.17, 15) is 0 Å². The van der Waals surface area contributed by atoms with Crippen LogP contribution < -0.4 is 10.6 Å². The van der Waals surface area contributed by atoms with Crippen LogP contribution in [0, 0.1) is 13.8 Å². The molecule has 100 valence electrons. The summed E-state index contributed by atoms with van der Waals surface area (Å²) < 4.78 is 1.89. The molecule has 0 bridgehead atoms. The number of anilines is 3. The molecule has 0 spiro atoms. The lowest BCUT2D eigenvalue weighted by Gasteiger charge is -2.31. The van der Waals surface area contributed by atoms with Gasteiger partial charge in [-0.3, -0.25) is 4.68 Å². The largest absolute Gasteiger partial charge is 0.394 e. The second kappa shape index (κ2) is 4.30. The molecule has 1 aromatic heterocycles. The Morgan fingerprint density at radius 3 is 2.74 bits per heavy atom. The summed E-state index contributed by atoms with van der Waals surface area (Å²) in [6.07, 6.45) is 2.30. The highest BCUT2D eigenvalue weighted by Gasteiger charge is 2.23. The molecule has 1 aliphatic rings. The highest BCUT2D eigenvalue weighted by atomic mass is 15.4. The van der Waals surface area contributed by atoms with Crippen LogP contribution in [0.3, 0.4) is 0 Å². The Morgan fingerprint density at radius 2 is 2.05 bits per heavy atom. The van der Waals surface area contributed by atoms with Gasteiger partial charge in [0, 0.05) is 19.3 Å². The number of aromatic nitrogens is 2. The van der Waals surface area contributed by atoms with E-state index >= 15 is 0 Å². The van der Waals surface area contributed by atoms with Gasteiger partial charge in [0.1, 0.15) is 0 Å². The zero-order valence-corrected chi connectivity index (χ0v) is 11.8. The smallest absolute Gasteiger partial charge is 0.154 e. The van der Waals surface area contributed by atoms with Crippen molar-refractivity contribution < 1.29 is 0 Å². The van der Waals surface area contributed by atoms with E-state index in [0.29, 0.717) is 0 Å². The lowest BCUT2D eigenvalue weighted by molar-refractivity contribution is 0.704. The fourth-order valence-corrected chi connectivity index (χ4v) is 2.93. The first-order valence-corrected chi connectivity index (χ1v) is 6.74. The second-order valence-corrected chi connectivity index (χ2v) is 5.33. The average molecular weight is 256 g/mol. The van der Waals surface area contributed by atoms with Crippen molar-refractivity contribution in [2.75, 3.05) is 17.2 Å². The van der Waals surface area contributed by atoms with Crippen molar-refractivity contribution in [3.05, 3.63) is 35.0 Å². The molecule has 0 unspecified atom stereocenters. The van der Waals surface area contributed by atoms with Crippen LogP contribution >= 0.6 is 0 Å². The van der Waals surface area contributed by atoms with E-state index in [2.05, 4.69) is 35.1 Å². The molecule has 1 aromatic carbocycles. The van der Waals surface area contributed by atoms with Crippen LogP contribution in [0.5, 0.6) is 0 Å². The fraction of sp³-hybridized carbons (Fsp3) is 0.400. The minimum absolute atomic E-state index is 0.788. The summed E-state index contributed by atoms with van der Waals surface area (Å²) in [4.78, 5) is 2.30. The molecule has 0 amide bonds. The van der Waals surface area contributed by atoms with Crippen molar-refractivity contribution in [1.82, 2.24) is 9.78 Å². The van der Waals surface area contributed by atoms with Gasteiger partial charge in [-0.05, 0) is 38.3 Å². The van der Waals surface area contributed by atoms with E-state index < -0.39 is 0 Å². The molecule has 4 nitrogen and oxygen atoms in total. The van der Waals surface area contributed by atoms with Crippen molar-refractivity contribution in [2.24, 2.45) is 7.05 Å². The zero-order valence-electron chi connectivity index (χ0n) is 11.8. The average Bonchev–Trinajstić information content (AvgIpc) is 2.62. The van der Waals surface area contributed by atoms with Gasteiger partial charge in [0.05, 0.1) is 11.4 Å². The third kappa shape index (κ3) is 1.87. The third-order valence-corrected chi connectivity index (χ3v) is 3.85. The summed E-state index contributed by atoms with van der Waals surface area (Å²) in [6, 6.07) is 6.64. The van der Waals surface area contributed by atoms with E-state index in [-0.39, 0.29) is 0 Å². The molecule has 1 aliphatic heterocycles. The number of hydrogen-bond donors (Lipinski definition) is 1. The Morgan fingerprint density at radius 1 is 1.26 bits per heavy atom. The highest BCUT2D eigenvalue weighted by Crippen LogP contribution is 2.37. The summed E-state index contributed by atoms with van der Waals surface area (Å²) in [5.74, 6) is 1.02. The maximum absolute atomic E-state index is 6.20. The Kier molecular flexibility index (Phi) is 2.73. The molecule has 0 fully saturated rings. The summed E-state index contributed by atoms with van der Waals surface area (Å²) in [6.45, 7) is 5.10. The van der Waals surface area contributed by atoms with Crippen LogP contribution in [0.4, 0.5) is 17.2 Å². The number of aryl methyl sites for hydroxylation is 4. The fourth-order valence-electron chi connectivity index (χ4n) is 2.93. The van der Waals surface area contributed by atoms with Crippen molar-refractivity contribution in [2.45, 2.75) is 26.7 Å². The lowest BCUT2D eigenvalue weighted by atomic mass is 9.99. The number of rotatable bonds is 1. The monoisotopic (exact) mass is 256 g/mol. The molecular formula is C15H20N4. The molecule has 0 radical (unpaired) electrons. The maximum Gasteiger partial charge on any atom is 0.154 e. The van der Waals surface area contributed by atoms with Crippen molar-refractivity contribution in [3.8, 4) is 0 Å². The quantitative estimate of drug-likeness (QED) is 0.853. The number of nitrogens with zero attached hydrogens (tertiary/aromatic N) is 3. The van der Waals surface area contributed by atoms with E-state index in [1.54, 1.807) is 0 Å². The third-order valence-electron chi connectivity index (χ3n) is 3.85. The van der Waals surface area contributed by atoms with E-state index in [1.165, 1.54) is 16.8 Å².